The Hall–Kier alpha value is -1.10. The highest BCUT2D eigenvalue weighted by Gasteiger charge is 2.07. The van der Waals surface area contributed by atoms with Gasteiger partial charge in [-0.25, -0.2) is 4.39 Å². The van der Waals surface area contributed by atoms with Crippen molar-refractivity contribution >= 4 is 27.5 Å². The molecule has 0 aliphatic carbocycles. The first kappa shape index (κ1) is 16.3. The summed E-state index contributed by atoms with van der Waals surface area (Å²) in [5.74, 6) is 0.540. The van der Waals surface area contributed by atoms with Gasteiger partial charge in [-0.1, -0.05) is 31.5 Å². The summed E-state index contributed by atoms with van der Waals surface area (Å²) >= 11 is 9.31. The van der Waals surface area contributed by atoms with Crippen LogP contribution in [0.4, 0.5) is 4.39 Å². The van der Waals surface area contributed by atoms with Gasteiger partial charge in [0.05, 0.1) is 9.50 Å². The Bertz CT molecular complexity index is 634. The fraction of sp³-hybridized carbons (Fsp3) is 0.250. The first-order valence-electron chi connectivity index (χ1n) is 6.60. The van der Waals surface area contributed by atoms with Crippen molar-refractivity contribution in [3.63, 3.8) is 0 Å². The van der Waals surface area contributed by atoms with Crippen molar-refractivity contribution in [3.8, 4) is 11.5 Å². The van der Waals surface area contributed by atoms with Gasteiger partial charge in [-0.15, -0.1) is 0 Å². The fourth-order valence-electron chi connectivity index (χ4n) is 1.73. The molecule has 0 amide bonds. The lowest BCUT2D eigenvalue weighted by molar-refractivity contribution is 0.476. The van der Waals surface area contributed by atoms with Gasteiger partial charge in [0.2, 0.25) is 0 Å². The summed E-state index contributed by atoms with van der Waals surface area (Å²) in [6.07, 6.45) is 0. The molecule has 2 aromatic rings. The van der Waals surface area contributed by atoms with Gasteiger partial charge in [-0.3, -0.25) is 0 Å². The van der Waals surface area contributed by atoms with Crippen LogP contribution in [-0.2, 0) is 6.54 Å². The number of rotatable bonds is 5. The smallest absolute Gasteiger partial charge is 0.146 e. The van der Waals surface area contributed by atoms with Gasteiger partial charge in [-0.2, -0.15) is 0 Å². The molecular weight excluding hydrogens is 357 g/mol. The number of hydrogen-bond acceptors (Lipinski definition) is 2. The zero-order chi connectivity index (χ0) is 15.4. The number of benzene rings is 2. The third kappa shape index (κ3) is 4.70. The largest absolute Gasteiger partial charge is 0.456 e. The summed E-state index contributed by atoms with van der Waals surface area (Å²) in [5.41, 5.74) is 1.07. The molecule has 2 nitrogen and oxygen atoms in total. The van der Waals surface area contributed by atoms with Crippen LogP contribution in [-0.4, -0.2) is 6.04 Å². The molecule has 0 unspecified atom stereocenters. The van der Waals surface area contributed by atoms with E-state index in [0.29, 0.717) is 27.0 Å². The van der Waals surface area contributed by atoms with Crippen molar-refractivity contribution in [3.05, 3.63) is 57.3 Å². The van der Waals surface area contributed by atoms with Crippen LogP contribution < -0.4 is 10.1 Å². The van der Waals surface area contributed by atoms with Gasteiger partial charge >= 0.3 is 0 Å². The van der Waals surface area contributed by atoms with E-state index in [1.54, 1.807) is 18.2 Å². The van der Waals surface area contributed by atoms with Crippen LogP contribution in [0.25, 0.3) is 0 Å². The van der Waals surface area contributed by atoms with E-state index in [0.717, 1.165) is 12.1 Å². The summed E-state index contributed by atoms with van der Waals surface area (Å²) in [6.45, 7) is 4.91. The van der Waals surface area contributed by atoms with Gasteiger partial charge in [0.1, 0.15) is 17.3 Å². The third-order valence-corrected chi connectivity index (χ3v) is 3.77. The molecule has 2 aromatic carbocycles. The summed E-state index contributed by atoms with van der Waals surface area (Å²) in [7, 11) is 0. The monoisotopic (exact) mass is 371 g/mol. The van der Waals surface area contributed by atoms with Crippen LogP contribution in [0, 0.1) is 5.82 Å². The predicted octanol–water partition coefficient (Wildman–Crippen LogP) is 5.53. The maximum atomic E-state index is 13.5. The molecule has 0 bridgehead atoms. The van der Waals surface area contributed by atoms with Crippen molar-refractivity contribution in [1.29, 1.82) is 0 Å². The van der Waals surface area contributed by atoms with Gasteiger partial charge in [0.15, 0.2) is 0 Å². The first-order chi connectivity index (χ1) is 9.95. The highest BCUT2D eigenvalue weighted by atomic mass is 79.9. The Labute approximate surface area is 137 Å². The van der Waals surface area contributed by atoms with Crippen molar-refractivity contribution < 1.29 is 9.13 Å². The van der Waals surface area contributed by atoms with Crippen LogP contribution in [0.15, 0.2) is 40.9 Å². The van der Waals surface area contributed by atoms with Gasteiger partial charge in [-0.05, 0) is 45.8 Å². The van der Waals surface area contributed by atoms with Crippen molar-refractivity contribution in [2.24, 2.45) is 0 Å². The lowest BCUT2D eigenvalue weighted by atomic mass is 10.2. The van der Waals surface area contributed by atoms with E-state index in [4.69, 9.17) is 16.3 Å². The Kier molecular flexibility index (Phi) is 5.62. The van der Waals surface area contributed by atoms with Crippen LogP contribution in [0.5, 0.6) is 11.5 Å². The molecule has 0 aliphatic rings. The molecule has 0 atom stereocenters. The molecule has 1 N–H and O–H groups in total. The molecule has 0 aromatic heterocycles. The Morgan fingerprint density at radius 1 is 1.24 bits per heavy atom. The second kappa shape index (κ2) is 7.25. The van der Waals surface area contributed by atoms with E-state index < -0.39 is 0 Å². The zero-order valence-corrected chi connectivity index (χ0v) is 14.1. The highest BCUT2D eigenvalue weighted by Crippen LogP contribution is 2.31. The van der Waals surface area contributed by atoms with Crippen LogP contribution >= 0.6 is 27.5 Å². The standard InChI is InChI=1S/C16H16BrClFNO/c1-10(2)20-9-11-3-6-16(14(18)7-11)21-12-4-5-13(17)15(19)8-12/h3-8,10,20H,9H2,1-2H3. The Morgan fingerprint density at radius 2 is 2.00 bits per heavy atom. The quantitative estimate of drug-likeness (QED) is 0.745. The molecule has 112 valence electrons. The lowest BCUT2D eigenvalue weighted by Crippen LogP contribution is -2.21. The minimum Gasteiger partial charge on any atom is -0.456 e. The molecule has 0 radical (unpaired) electrons. The van der Waals surface area contributed by atoms with Crippen molar-refractivity contribution in [2.45, 2.75) is 26.4 Å². The van der Waals surface area contributed by atoms with Crippen LogP contribution in [0.1, 0.15) is 19.4 Å². The summed E-state index contributed by atoms with van der Waals surface area (Å²) in [4.78, 5) is 0. The SMILES string of the molecule is CC(C)NCc1ccc(Oc2ccc(Br)c(F)c2)c(Cl)c1. The molecule has 2 rings (SSSR count). The summed E-state index contributed by atoms with van der Waals surface area (Å²) in [5, 5.41) is 3.82. The molecule has 0 aliphatic heterocycles. The average Bonchev–Trinajstić information content (AvgIpc) is 2.43. The predicted molar refractivity (Wildman–Crippen MR) is 87.6 cm³/mol. The van der Waals surface area contributed by atoms with Gasteiger partial charge in [0.25, 0.3) is 0 Å². The molecule has 0 fully saturated rings. The van der Waals surface area contributed by atoms with E-state index in [9.17, 15) is 4.39 Å². The topological polar surface area (TPSA) is 21.3 Å². The van der Waals surface area contributed by atoms with Gasteiger partial charge in [0, 0.05) is 18.7 Å². The summed E-state index contributed by atoms with van der Waals surface area (Å²) < 4.78 is 19.5. The maximum absolute atomic E-state index is 13.5. The zero-order valence-electron chi connectivity index (χ0n) is 11.8. The van der Waals surface area contributed by atoms with Crippen molar-refractivity contribution in [1.82, 2.24) is 5.32 Å². The van der Waals surface area contributed by atoms with Crippen LogP contribution in [0.2, 0.25) is 5.02 Å². The maximum Gasteiger partial charge on any atom is 0.146 e. The average molecular weight is 373 g/mol. The minimum atomic E-state index is -0.374. The normalized spacial score (nSPS) is 11.0. The molecule has 21 heavy (non-hydrogen) atoms. The first-order valence-corrected chi connectivity index (χ1v) is 7.77. The van der Waals surface area contributed by atoms with E-state index in [-0.39, 0.29) is 5.82 Å². The minimum absolute atomic E-state index is 0.374. The van der Waals surface area contributed by atoms with E-state index in [2.05, 4.69) is 35.1 Å². The highest BCUT2D eigenvalue weighted by molar-refractivity contribution is 9.10. The molecular formula is C16H16BrClFNO. The van der Waals surface area contributed by atoms with Gasteiger partial charge < -0.3 is 10.1 Å². The molecule has 0 saturated heterocycles. The third-order valence-electron chi connectivity index (χ3n) is 2.83. The number of nitrogens with one attached hydrogen (secondary N) is 1. The second-order valence-corrected chi connectivity index (χ2v) is 6.24. The van der Waals surface area contributed by atoms with E-state index in [1.165, 1.54) is 6.07 Å². The van der Waals surface area contributed by atoms with E-state index >= 15 is 0 Å². The Morgan fingerprint density at radius 3 is 2.62 bits per heavy atom. The molecule has 0 spiro atoms. The molecule has 0 saturated carbocycles. The van der Waals surface area contributed by atoms with Crippen molar-refractivity contribution in [2.75, 3.05) is 0 Å². The molecule has 5 heteroatoms. The van der Waals surface area contributed by atoms with E-state index in [1.807, 2.05) is 12.1 Å². The number of hydrogen-bond donors (Lipinski definition) is 1. The number of halogens is 3. The Balaban J connectivity index is 2.11. The lowest BCUT2D eigenvalue weighted by Gasteiger charge is -2.11. The number of ether oxygens (including phenoxy) is 1. The fourth-order valence-corrected chi connectivity index (χ4v) is 2.21. The second-order valence-electron chi connectivity index (χ2n) is 4.98. The summed E-state index contributed by atoms with van der Waals surface area (Å²) in [6, 6.07) is 10.6. The van der Waals surface area contributed by atoms with Crippen LogP contribution in [0.3, 0.4) is 0 Å². The molecule has 0 heterocycles.